The first kappa shape index (κ1) is 17.0. The van der Waals surface area contributed by atoms with E-state index in [2.05, 4.69) is 112 Å². The van der Waals surface area contributed by atoms with Crippen molar-refractivity contribution in [3.63, 3.8) is 0 Å². The zero-order valence-electron chi connectivity index (χ0n) is 15.2. The van der Waals surface area contributed by atoms with Crippen molar-refractivity contribution in [2.45, 2.75) is 20.8 Å². The third-order valence-electron chi connectivity index (χ3n) is 4.68. The lowest BCUT2D eigenvalue weighted by Gasteiger charge is -2.06. The molecule has 0 aliphatic heterocycles. The fraction of sp³-hybridized carbons (Fsp3) is 0.120. The van der Waals surface area contributed by atoms with Crippen LogP contribution in [-0.4, -0.2) is 0 Å². The molecule has 0 nitrogen and oxygen atoms in total. The van der Waals surface area contributed by atoms with Crippen LogP contribution in [0.3, 0.4) is 0 Å². The van der Waals surface area contributed by atoms with E-state index in [-0.39, 0.29) is 0 Å². The summed E-state index contributed by atoms with van der Waals surface area (Å²) in [6.45, 7) is 6.48. The minimum atomic E-state index is 1.26. The van der Waals surface area contributed by atoms with Gasteiger partial charge in [0.05, 0.1) is 0 Å². The molecule has 0 aromatic heterocycles. The first-order valence-electron chi connectivity index (χ1n) is 8.72. The van der Waals surface area contributed by atoms with Crippen LogP contribution in [0.1, 0.15) is 38.9 Å². The average Bonchev–Trinajstić information content (AvgIpc) is 2.62. The number of hydrogen-bond donors (Lipinski definition) is 0. The van der Waals surface area contributed by atoms with Gasteiger partial charge in [0.2, 0.25) is 0 Å². The Kier molecular flexibility index (Phi) is 5.30. The summed E-state index contributed by atoms with van der Waals surface area (Å²) in [6, 6.07) is 23.4. The SMILES string of the molecule is Cc1ccccc1C=Cc1cccc(C=Cc2ccccc2C)c1C. The summed E-state index contributed by atoms with van der Waals surface area (Å²) in [5, 5.41) is 0. The van der Waals surface area contributed by atoms with Crippen LogP contribution in [0.2, 0.25) is 0 Å². The van der Waals surface area contributed by atoms with Gasteiger partial charge in [-0.3, -0.25) is 0 Å². The normalized spacial score (nSPS) is 11.5. The summed E-state index contributed by atoms with van der Waals surface area (Å²) >= 11 is 0. The van der Waals surface area contributed by atoms with E-state index in [0.717, 1.165) is 0 Å². The molecule has 0 amide bonds. The predicted octanol–water partition coefficient (Wildman–Crippen LogP) is 6.95. The summed E-state index contributed by atoms with van der Waals surface area (Å²) in [4.78, 5) is 0. The van der Waals surface area contributed by atoms with Crippen LogP contribution < -0.4 is 0 Å². The van der Waals surface area contributed by atoms with E-state index in [9.17, 15) is 0 Å². The third kappa shape index (κ3) is 4.16. The number of hydrogen-bond acceptors (Lipinski definition) is 0. The minimum Gasteiger partial charge on any atom is -0.0620 e. The molecule has 0 atom stereocenters. The molecular formula is C25H24. The highest BCUT2D eigenvalue weighted by Gasteiger charge is 2.00. The van der Waals surface area contributed by atoms with Crippen LogP contribution >= 0.6 is 0 Å². The lowest BCUT2D eigenvalue weighted by atomic mass is 9.99. The van der Waals surface area contributed by atoms with Crippen molar-refractivity contribution in [3.8, 4) is 0 Å². The molecular weight excluding hydrogens is 300 g/mol. The maximum atomic E-state index is 2.21. The van der Waals surface area contributed by atoms with Crippen LogP contribution in [0.25, 0.3) is 24.3 Å². The van der Waals surface area contributed by atoms with Gasteiger partial charge in [-0.1, -0.05) is 91.0 Å². The minimum absolute atomic E-state index is 1.26. The van der Waals surface area contributed by atoms with Gasteiger partial charge in [0, 0.05) is 0 Å². The molecule has 25 heavy (non-hydrogen) atoms. The molecule has 0 bridgehead atoms. The summed E-state index contributed by atoms with van der Waals surface area (Å²) in [6.07, 6.45) is 8.82. The molecule has 3 rings (SSSR count). The highest BCUT2D eigenvalue weighted by molar-refractivity contribution is 5.77. The zero-order valence-corrected chi connectivity index (χ0v) is 15.2. The number of aryl methyl sites for hydroxylation is 2. The average molecular weight is 324 g/mol. The first-order chi connectivity index (χ1) is 12.1. The Morgan fingerprint density at radius 2 is 0.800 bits per heavy atom. The van der Waals surface area contributed by atoms with Crippen molar-refractivity contribution >= 4 is 24.3 Å². The van der Waals surface area contributed by atoms with Crippen LogP contribution in [-0.2, 0) is 0 Å². The molecule has 0 unspecified atom stereocenters. The molecule has 0 spiro atoms. The van der Waals surface area contributed by atoms with Gasteiger partial charge in [0.15, 0.2) is 0 Å². The van der Waals surface area contributed by atoms with Crippen molar-refractivity contribution in [2.75, 3.05) is 0 Å². The summed E-state index contributed by atoms with van der Waals surface area (Å²) in [7, 11) is 0. The molecule has 3 aromatic rings. The van der Waals surface area contributed by atoms with Gasteiger partial charge in [-0.2, -0.15) is 0 Å². The maximum Gasteiger partial charge on any atom is -0.0221 e. The zero-order chi connectivity index (χ0) is 17.6. The van der Waals surface area contributed by atoms with E-state index >= 15 is 0 Å². The van der Waals surface area contributed by atoms with Gasteiger partial charge >= 0.3 is 0 Å². The second kappa shape index (κ2) is 7.81. The van der Waals surface area contributed by atoms with E-state index in [1.54, 1.807) is 0 Å². The van der Waals surface area contributed by atoms with E-state index in [0.29, 0.717) is 0 Å². The largest absolute Gasteiger partial charge is 0.0620 e. The molecule has 0 heterocycles. The first-order valence-corrected chi connectivity index (χ1v) is 8.72. The Hall–Kier alpha value is -2.86. The van der Waals surface area contributed by atoms with Crippen molar-refractivity contribution in [2.24, 2.45) is 0 Å². The topological polar surface area (TPSA) is 0 Å². The van der Waals surface area contributed by atoms with Crippen molar-refractivity contribution in [1.29, 1.82) is 0 Å². The third-order valence-corrected chi connectivity index (χ3v) is 4.68. The molecule has 3 aromatic carbocycles. The Labute approximate surface area is 151 Å². The van der Waals surface area contributed by atoms with Crippen LogP contribution in [0.15, 0.2) is 66.7 Å². The highest BCUT2D eigenvalue weighted by Crippen LogP contribution is 2.20. The van der Waals surface area contributed by atoms with Crippen LogP contribution in [0, 0.1) is 20.8 Å². The molecule has 0 saturated heterocycles. The Balaban J connectivity index is 1.88. The molecule has 0 aliphatic carbocycles. The molecule has 0 fully saturated rings. The van der Waals surface area contributed by atoms with Gasteiger partial charge < -0.3 is 0 Å². The Morgan fingerprint density at radius 3 is 1.24 bits per heavy atom. The molecule has 124 valence electrons. The van der Waals surface area contributed by atoms with Crippen LogP contribution in [0.5, 0.6) is 0 Å². The van der Waals surface area contributed by atoms with Crippen molar-refractivity contribution in [1.82, 2.24) is 0 Å². The van der Waals surface area contributed by atoms with Gasteiger partial charge in [0.25, 0.3) is 0 Å². The molecule has 0 aliphatic rings. The summed E-state index contributed by atoms with van der Waals surface area (Å²) < 4.78 is 0. The molecule has 0 saturated carbocycles. The Bertz CT molecular complexity index is 853. The smallest absolute Gasteiger partial charge is 0.0221 e. The van der Waals surface area contributed by atoms with E-state index in [1.165, 1.54) is 38.9 Å². The highest BCUT2D eigenvalue weighted by atomic mass is 14.1. The monoisotopic (exact) mass is 324 g/mol. The lowest BCUT2D eigenvalue weighted by Crippen LogP contribution is -1.86. The van der Waals surface area contributed by atoms with Gasteiger partial charge in [-0.05, 0) is 59.7 Å². The summed E-state index contributed by atoms with van der Waals surface area (Å²) in [5.41, 5.74) is 8.95. The second-order valence-corrected chi connectivity index (χ2v) is 6.44. The quantitative estimate of drug-likeness (QED) is 0.455. The Morgan fingerprint density at radius 1 is 0.440 bits per heavy atom. The predicted molar refractivity (Wildman–Crippen MR) is 111 cm³/mol. The maximum absolute atomic E-state index is 2.21. The fourth-order valence-electron chi connectivity index (χ4n) is 2.94. The second-order valence-electron chi connectivity index (χ2n) is 6.44. The molecule has 0 heteroatoms. The van der Waals surface area contributed by atoms with Gasteiger partial charge in [-0.25, -0.2) is 0 Å². The van der Waals surface area contributed by atoms with E-state index in [4.69, 9.17) is 0 Å². The number of rotatable bonds is 4. The fourth-order valence-corrected chi connectivity index (χ4v) is 2.94. The lowest BCUT2D eigenvalue weighted by molar-refractivity contribution is 1.41. The standard InChI is InChI=1S/C25H24/c1-19-9-4-6-11-22(19)15-17-24-13-8-14-25(21(24)3)18-16-23-12-7-5-10-20(23)2/h4-18H,1-3H3. The van der Waals surface area contributed by atoms with Crippen molar-refractivity contribution in [3.05, 3.63) is 106 Å². The number of benzene rings is 3. The van der Waals surface area contributed by atoms with E-state index in [1.807, 2.05) is 0 Å². The van der Waals surface area contributed by atoms with Crippen molar-refractivity contribution < 1.29 is 0 Å². The van der Waals surface area contributed by atoms with E-state index < -0.39 is 0 Å². The van der Waals surface area contributed by atoms with Gasteiger partial charge in [-0.15, -0.1) is 0 Å². The summed E-state index contributed by atoms with van der Waals surface area (Å²) in [5.74, 6) is 0. The molecule has 0 radical (unpaired) electrons. The molecule has 0 N–H and O–H groups in total. The van der Waals surface area contributed by atoms with Crippen LogP contribution in [0.4, 0.5) is 0 Å². The van der Waals surface area contributed by atoms with Gasteiger partial charge in [0.1, 0.15) is 0 Å².